The first-order valence-corrected chi connectivity index (χ1v) is 6.90. The van der Waals surface area contributed by atoms with Crippen molar-refractivity contribution in [3.63, 3.8) is 0 Å². The van der Waals surface area contributed by atoms with Crippen LogP contribution in [-0.4, -0.2) is 29.0 Å². The molecular formula is C13H16N4O2S. The summed E-state index contributed by atoms with van der Waals surface area (Å²) in [6.07, 6.45) is 0.710. The maximum absolute atomic E-state index is 11.0. The van der Waals surface area contributed by atoms with E-state index in [1.165, 1.54) is 11.5 Å². The van der Waals surface area contributed by atoms with Crippen molar-refractivity contribution in [1.82, 2.24) is 9.36 Å². The smallest absolute Gasteiger partial charge is 0.248 e. The maximum atomic E-state index is 11.0. The lowest BCUT2D eigenvalue weighted by atomic mass is 10.1. The molecule has 3 N–H and O–H groups in total. The lowest BCUT2D eigenvalue weighted by Gasteiger charge is -2.03. The number of rotatable bonds is 7. The molecule has 0 fully saturated rings. The lowest BCUT2D eigenvalue weighted by Crippen LogP contribution is -2.10. The number of anilines is 1. The van der Waals surface area contributed by atoms with Crippen LogP contribution in [0.4, 0.5) is 5.13 Å². The van der Waals surface area contributed by atoms with Gasteiger partial charge in [-0.2, -0.15) is 4.37 Å². The molecule has 2 aromatic rings. The first-order valence-electron chi connectivity index (χ1n) is 6.13. The van der Waals surface area contributed by atoms with Crippen LogP contribution >= 0.6 is 11.5 Å². The molecule has 0 unspecified atom stereocenters. The summed E-state index contributed by atoms with van der Waals surface area (Å²) in [6, 6.07) is 7.15. The fourth-order valence-corrected chi connectivity index (χ4v) is 2.19. The van der Waals surface area contributed by atoms with Crippen LogP contribution in [0.1, 0.15) is 21.7 Å². The molecule has 1 heterocycles. The molecule has 1 aromatic carbocycles. The van der Waals surface area contributed by atoms with E-state index in [1.54, 1.807) is 19.2 Å². The number of primary amides is 1. The van der Waals surface area contributed by atoms with E-state index in [4.69, 9.17) is 10.5 Å². The molecule has 6 nitrogen and oxygen atoms in total. The molecule has 0 atom stereocenters. The molecule has 0 saturated heterocycles. The van der Waals surface area contributed by atoms with Gasteiger partial charge in [-0.05, 0) is 17.7 Å². The van der Waals surface area contributed by atoms with Crippen molar-refractivity contribution in [2.45, 2.75) is 13.0 Å². The van der Waals surface area contributed by atoms with E-state index in [9.17, 15) is 4.79 Å². The molecular weight excluding hydrogens is 276 g/mol. The number of benzene rings is 1. The molecule has 0 aliphatic carbocycles. The van der Waals surface area contributed by atoms with E-state index in [0.717, 1.165) is 16.5 Å². The Morgan fingerprint density at radius 3 is 2.80 bits per heavy atom. The number of nitrogens with zero attached hydrogens (tertiary/aromatic N) is 2. The van der Waals surface area contributed by atoms with Crippen LogP contribution in [0, 0.1) is 0 Å². The fraction of sp³-hybridized carbons (Fsp3) is 0.308. The van der Waals surface area contributed by atoms with Crippen molar-refractivity contribution in [1.29, 1.82) is 0 Å². The Morgan fingerprint density at radius 2 is 2.15 bits per heavy atom. The summed E-state index contributed by atoms with van der Waals surface area (Å²) >= 11 is 1.33. The zero-order valence-electron chi connectivity index (χ0n) is 11.1. The molecule has 1 amide bonds. The van der Waals surface area contributed by atoms with Crippen LogP contribution in [0.3, 0.4) is 0 Å². The second-order valence-corrected chi connectivity index (χ2v) is 4.93. The third-order valence-electron chi connectivity index (χ3n) is 2.68. The van der Waals surface area contributed by atoms with Gasteiger partial charge in [0.05, 0.1) is 6.61 Å². The first-order chi connectivity index (χ1) is 9.69. The Kier molecular flexibility index (Phi) is 5.03. The quantitative estimate of drug-likeness (QED) is 0.806. The molecule has 2 rings (SSSR count). The zero-order chi connectivity index (χ0) is 14.4. The number of carbonyl (C=O) groups is 1. The van der Waals surface area contributed by atoms with Gasteiger partial charge in [-0.1, -0.05) is 12.1 Å². The predicted octanol–water partition coefficient (Wildman–Crippen LogP) is 1.44. The van der Waals surface area contributed by atoms with Crippen LogP contribution in [0.2, 0.25) is 0 Å². The van der Waals surface area contributed by atoms with Crippen LogP contribution in [0.15, 0.2) is 24.3 Å². The molecule has 7 heteroatoms. The van der Waals surface area contributed by atoms with Gasteiger partial charge in [-0.15, -0.1) is 0 Å². The molecule has 0 spiro atoms. The van der Waals surface area contributed by atoms with Gasteiger partial charge in [0, 0.05) is 37.2 Å². The highest BCUT2D eigenvalue weighted by Crippen LogP contribution is 2.13. The van der Waals surface area contributed by atoms with Gasteiger partial charge in [0.15, 0.2) is 0 Å². The largest absolute Gasteiger partial charge is 0.384 e. The lowest BCUT2D eigenvalue weighted by molar-refractivity contribution is 0.100. The number of methoxy groups -OCH3 is 1. The molecule has 0 aliphatic heterocycles. The minimum atomic E-state index is -0.420. The van der Waals surface area contributed by atoms with Gasteiger partial charge in [-0.3, -0.25) is 4.79 Å². The van der Waals surface area contributed by atoms with Crippen LogP contribution in [0.25, 0.3) is 0 Å². The average molecular weight is 292 g/mol. The van der Waals surface area contributed by atoms with E-state index in [0.29, 0.717) is 25.1 Å². The number of carbonyl (C=O) groups excluding carboxylic acids is 1. The van der Waals surface area contributed by atoms with Gasteiger partial charge >= 0.3 is 0 Å². The number of aromatic nitrogens is 2. The predicted molar refractivity (Wildman–Crippen MR) is 77.8 cm³/mol. The summed E-state index contributed by atoms with van der Waals surface area (Å²) < 4.78 is 9.21. The maximum Gasteiger partial charge on any atom is 0.248 e. The summed E-state index contributed by atoms with van der Waals surface area (Å²) in [5, 5.41) is 3.97. The van der Waals surface area contributed by atoms with E-state index in [-0.39, 0.29) is 0 Å². The normalized spacial score (nSPS) is 10.4. The Labute approximate surface area is 121 Å². The van der Waals surface area contributed by atoms with Crippen LogP contribution < -0.4 is 11.1 Å². The fourth-order valence-electron chi connectivity index (χ4n) is 1.59. The molecule has 0 radical (unpaired) electrons. The summed E-state index contributed by atoms with van der Waals surface area (Å²) in [4.78, 5) is 15.3. The number of nitrogens with two attached hydrogens (primary N) is 1. The second kappa shape index (κ2) is 6.97. The van der Waals surface area contributed by atoms with Crippen molar-refractivity contribution in [2.75, 3.05) is 19.0 Å². The Hall–Kier alpha value is -1.99. The van der Waals surface area contributed by atoms with E-state index in [1.807, 2.05) is 12.1 Å². The van der Waals surface area contributed by atoms with Crippen molar-refractivity contribution >= 4 is 22.6 Å². The zero-order valence-corrected chi connectivity index (χ0v) is 11.9. The minimum absolute atomic E-state index is 0.420. The Balaban J connectivity index is 1.88. The number of hydrogen-bond acceptors (Lipinski definition) is 6. The first kappa shape index (κ1) is 14.4. The van der Waals surface area contributed by atoms with Gasteiger partial charge in [0.1, 0.15) is 5.82 Å². The van der Waals surface area contributed by atoms with Gasteiger partial charge in [0.25, 0.3) is 0 Å². The van der Waals surface area contributed by atoms with Crippen molar-refractivity contribution in [3.05, 3.63) is 41.2 Å². The van der Waals surface area contributed by atoms with Gasteiger partial charge < -0.3 is 15.8 Å². The minimum Gasteiger partial charge on any atom is -0.384 e. The van der Waals surface area contributed by atoms with E-state index in [2.05, 4.69) is 14.7 Å². The summed E-state index contributed by atoms with van der Waals surface area (Å²) in [5.74, 6) is 0.361. The Morgan fingerprint density at radius 1 is 1.40 bits per heavy atom. The van der Waals surface area contributed by atoms with Gasteiger partial charge in [0.2, 0.25) is 11.0 Å². The monoisotopic (exact) mass is 292 g/mol. The molecule has 0 bridgehead atoms. The second-order valence-electron chi connectivity index (χ2n) is 4.17. The van der Waals surface area contributed by atoms with Crippen molar-refractivity contribution < 1.29 is 9.53 Å². The number of ether oxygens (including phenoxy) is 1. The highest BCUT2D eigenvalue weighted by molar-refractivity contribution is 7.09. The summed E-state index contributed by atoms with van der Waals surface area (Å²) in [6.45, 7) is 1.24. The standard InChI is InChI=1S/C13H16N4O2S/c1-19-7-6-11-16-13(20-17-11)15-8-9-2-4-10(5-3-9)12(14)18/h2-5H,6-8H2,1H3,(H2,14,18)(H,15,16,17). The molecule has 1 aromatic heterocycles. The van der Waals surface area contributed by atoms with E-state index < -0.39 is 5.91 Å². The average Bonchev–Trinajstić information content (AvgIpc) is 2.91. The third-order valence-corrected chi connectivity index (χ3v) is 3.39. The van der Waals surface area contributed by atoms with E-state index >= 15 is 0 Å². The highest BCUT2D eigenvalue weighted by atomic mass is 32.1. The highest BCUT2D eigenvalue weighted by Gasteiger charge is 2.04. The SMILES string of the molecule is COCCc1nsc(NCc2ccc(C(N)=O)cc2)n1. The number of amides is 1. The summed E-state index contributed by atoms with van der Waals surface area (Å²) in [7, 11) is 1.65. The van der Waals surface area contributed by atoms with Crippen molar-refractivity contribution in [3.8, 4) is 0 Å². The molecule has 0 saturated carbocycles. The molecule has 20 heavy (non-hydrogen) atoms. The Bertz CT molecular complexity index is 568. The number of hydrogen-bond donors (Lipinski definition) is 2. The molecule has 106 valence electrons. The van der Waals surface area contributed by atoms with Crippen LogP contribution in [-0.2, 0) is 17.7 Å². The third kappa shape index (κ3) is 4.01. The van der Waals surface area contributed by atoms with Crippen LogP contribution in [0.5, 0.6) is 0 Å². The molecule has 0 aliphatic rings. The van der Waals surface area contributed by atoms with Crippen molar-refractivity contribution in [2.24, 2.45) is 5.73 Å². The number of nitrogens with one attached hydrogen (secondary N) is 1. The topological polar surface area (TPSA) is 90.1 Å². The summed E-state index contributed by atoms with van der Waals surface area (Å²) in [5.41, 5.74) is 6.74. The van der Waals surface area contributed by atoms with Gasteiger partial charge in [-0.25, -0.2) is 4.98 Å².